The van der Waals surface area contributed by atoms with Crippen molar-refractivity contribution < 1.29 is 12.8 Å². The quantitative estimate of drug-likeness (QED) is 0.780. The lowest BCUT2D eigenvalue weighted by Gasteiger charge is -2.12. The number of halogens is 1. The maximum atomic E-state index is 12.3. The average Bonchev–Trinajstić information content (AvgIpc) is 2.91. The monoisotopic (exact) mass is 335 g/mol. The van der Waals surface area contributed by atoms with Gasteiger partial charge in [-0.3, -0.25) is 0 Å². The Balaban J connectivity index is 1.86. The van der Waals surface area contributed by atoms with Crippen LogP contribution in [0.3, 0.4) is 0 Å². The molecule has 3 aromatic rings. The van der Waals surface area contributed by atoms with Crippen LogP contribution in [-0.2, 0) is 10.0 Å². The summed E-state index contributed by atoms with van der Waals surface area (Å²) in [6.45, 7) is 1.74. The van der Waals surface area contributed by atoms with E-state index in [1.54, 1.807) is 19.1 Å². The van der Waals surface area contributed by atoms with Crippen molar-refractivity contribution in [2.24, 2.45) is 0 Å². The van der Waals surface area contributed by atoms with E-state index in [4.69, 9.17) is 16.0 Å². The van der Waals surface area contributed by atoms with Gasteiger partial charge in [-0.2, -0.15) is 0 Å². The normalized spacial score (nSPS) is 13.4. The molecule has 0 saturated heterocycles. The minimum atomic E-state index is -3.63. The van der Waals surface area contributed by atoms with Crippen LogP contribution in [0.15, 0.2) is 63.9 Å². The molecule has 0 aliphatic heterocycles. The number of para-hydroxylation sites is 1. The van der Waals surface area contributed by atoms with Gasteiger partial charge in [-0.05, 0) is 43.3 Å². The number of fused-ring (bicyclic) bond motifs is 1. The van der Waals surface area contributed by atoms with Gasteiger partial charge in [0.05, 0.1) is 10.9 Å². The lowest BCUT2D eigenvalue weighted by molar-refractivity contribution is 0.484. The summed E-state index contributed by atoms with van der Waals surface area (Å²) in [6.07, 6.45) is 0. The highest BCUT2D eigenvalue weighted by Crippen LogP contribution is 2.25. The molecule has 2 aromatic carbocycles. The van der Waals surface area contributed by atoms with Crippen LogP contribution in [0, 0.1) is 0 Å². The van der Waals surface area contributed by atoms with Crippen molar-refractivity contribution in [3.8, 4) is 0 Å². The summed E-state index contributed by atoms with van der Waals surface area (Å²) in [7, 11) is -3.63. The maximum absolute atomic E-state index is 12.3. The Kier molecular flexibility index (Phi) is 3.95. The van der Waals surface area contributed by atoms with E-state index >= 15 is 0 Å². The Labute approximate surface area is 133 Å². The summed E-state index contributed by atoms with van der Waals surface area (Å²) in [4.78, 5) is 0.167. The van der Waals surface area contributed by atoms with E-state index in [0.717, 1.165) is 11.0 Å². The fourth-order valence-corrected chi connectivity index (χ4v) is 3.53. The van der Waals surface area contributed by atoms with Crippen molar-refractivity contribution in [2.75, 3.05) is 0 Å². The Morgan fingerprint density at radius 3 is 2.45 bits per heavy atom. The average molecular weight is 336 g/mol. The summed E-state index contributed by atoms with van der Waals surface area (Å²) in [5, 5.41) is 1.43. The highest BCUT2D eigenvalue weighted by atomic mass is 35.5. The molecule has 22 heavy (non-hydrogen) atoms. The van der Waals surface area contributed by atoms with E-state index in [1.165, 1.54) is 12.1 Å². The van der Waals surface area contributed by atoms with Crippen LogP contribution in [0.4, 0.5) is 0 Å². The lowest BCUT2D eigenvalue weighted by Crippen LogP contribution is -2.26. The predicted molar refractivity (Wildman–Crippen MR) is 86.4 cm³/mol. The van der Waals surface area contributed by atoms with Gasteiger partial charge in [0, 0.05) is 10.4 Å². The fourth-order valence-electron chi connectivity index (χ4n) is 2.19. The number of benzene rings is 2. The van der Waals surface area contributed by atoms with Gasteiger partial charge in [0.2, 0.25) is 10.0 Å². The molecule has 4 nitrogen and oxygen atoms in total. The molecule has 0 amide bonds. The van der Waals surface area contributed by atoms with Gasteiger partial charge in [-0.15, -0.1) is 0 Å². The van der Waals surface area contributed by atoms with Crippen LogP contribution in [0.1, 0.15) is 18.7 Å². The molecule has 0 radical (unpaired) electrons. The first kappa shape index (κ1) is 15.1. The minimum Gasteiger partial charge on any atom is -0.459 e. The number of sulfonamides is 1. The van der Waals surface area contributed by atoms with Crippen molar-refractivity contribution >= 4 is 32.6 Å². The SMILES string of the molecule is C[C@@H](NS(=O)(=O)c1ccc(Cl)cc1)c1cc2ccccc2o1. The molecule has 1 heterocycles. The summed E-state index contributed by atoms with van der Waals surface area (Å²) in [6, 6.07) is 14.9. The first-order valence-corrected chi connectivity index (χ1v) is 8.58. The summed E-state index contributed by atoms with van der Waals surface area (Å²) in [5.74, 6) is 0.568. The third-order valence-electron chi connectivity index (χ3n) is 3.33. The fraction of sp³-hybridized carbons (Fsp3) is 0.125. The maximum Gasteiger partial charge on any atom is 0.241 e. The molecule has 6 heteroatoms. The zero-order chi connectivity index (χ0) is 15.7. The van der Waals surface area contributed by atoms with Gasteiger partial charge in [0.15, 0.2) is 0 Å². The van der Waals surface area contributed by atoms with E-state index in [0.29, 0.717) is 10.8 Å². The largest absolute Gasteiger partial charge is 0.459 e. The van der Waals surface area contributed by atoms with E-state index in [1.807, 2.05) is 30.3 Å². The lowest BCUT2D eigenvalue weighted by atomic mass is 10.2. The van der Waals surface area contributed by atoms with Gasteiger partial charge in [-0.25, -0.2) is 13.1 Å². The summed E-state index contributed by atoms with van der Waals surface area (Å²) >= 11 is 5.78. The van der Waals surface area contributed by atoms with Gasteiger partial charge in [0.25, 0.3) is 0 Å². The molecule has 1 N–H and O–H groups in total. The van der Waals surface area contributed by atoms with Crippen LogP contribution >= 0.6 is 11.6 Å². The molecule has 0 aliphatic carbocycles. The standard InChI is InChI=1S/C16H14ClNO3S/c1-11(16-10-12-4-2-3-5-15(12)21-16)18-22(19,20)14-8-6-13(17)7-9-14/h2-11,18H,1H3/t11-/m1/s1. The van der Waals surface area contributed by atoms with Crippen molar-refractivity contribution in [2.45, 2.75) is 17.9 Å². The molecule has 1 aromatic heterocycles. The predicted octanol–water partition coefficient (Wildman–Crippen LogP) is 4.13. The first-order valence-electron chi connectivity index (χ1n) is 6.72. The molecule has 0 fully saturated rings. The Bertz CT molecular complexity index is 868. The minimum absolute atomic E-state index is 0.167. The Hall–Kier alpha value is -1.82. The second-order valence-electron chi connectivity index (χ2n) is 4.98. The third kappa shape index (κ3) is 3.02. The number of hydrogen-bond acceptors (Lipinski definition) is 3. The van der Waals surface area contributed by atoms with Crippen molar-refractivity contribution in [1.29, 1.82) is 0 Å². The van der Waals surface area contributed by atoms with E-state index in [9.17, 15) is 8.42 Å². The van der Waals surface area contributed by atoms with Crippen LogP contribution in [0.2, 0.25) is 5.02 Å². The third-order valence-corrected chi connectivity index (χ3v) is 5.14. The zero-order valence-electron chi connectivity index (χ0n) is 11.8. The Morgan fingerprint density at radius 1 is 1.09 bits per heavy atom. The summed E-state index contributed by atoms with van der Waals surface area (Å²) < 4.78 is 33.0. The zero-order valence-corrected chi connectivity index (χ0v) is 13.4. The summed E-state index contributed by atoms with van der Waals surface area (Å²) in [5.41, 5.74) is 0.732. The van der Waals surface area contributed by atoms with Crippen LogP contribution in [-0.4, -0.2) is 8.42 Å². The second-order valence-corrected chi connectivity index (χ2v) is 7.13. The molecule has 0 unspecified atom stereocenters. The van der Waals surface area contributed by atoms with E-state index in [2.05, 4.69) is 4.72 Å². The van der Waals surface area contributed by atoms with Crippen molar-refractivity contribution in [3.63, 3.8) is 0 Å². The van der Waals surface area contributed by atoms with Crippen LogP contribution in [0.25, 0.3) is 11.0 Å². The molecule has 1 atom stereocenters. The van der Waals surface area contributed by atoms with Gasteiger partial charge in [-0.1, -0.05) is 29.8 Å². The van der Waals surface area contributed by atoms with Gasteiger partial charge in [0.1, 0.15) is 11.3 Å². The van der Waals surface area contributed by atoms with Crippen LogP contribution < -0.4 is 4.72 Å². The van der Waals surface area contributed by atoms with Crippen molar-refractivity contribution in [3.05, 3.63) is 65.4 Å². The first-order chi connectivity index (χ1) is 10.5. The topological polar surface area (TPSA) is 59.3 Å². The Morgan fingerprint density at radius 2 is 1.77 bits per heavy atom. The van der Waals surface area contributed by atoms with Gasteiger partial charge < -0.3 is 4.42 Å². The molecule has 3 rings (SSSR count). The number of hydrogen-bond donors (Lipinski definition) is 1. The second kappa shape index (κ2) is 5.76. The van der Waals surface area contributed by atoms with Gasteiger partial charge >= 0.3 is 0 Å². The molecule has 114 valence electrons. The molecule has 0 spiro atoms. The van der Waals surface area contributed by atoms with Crippen LogP contribution in [0.5, 0.6) is 0 Å². The number of rotatable bonds is 4. The molecule has 0 saturated carbocycles. The smallest absolute Gasteiger partial charge is 0.241 e. The molecule has 0 aliphatic rings. The number of nitrogens with one attached hydrogen (secondary N) is 1. The van der Waals surface area contributed by atoms with E-state index < -0.39 is 16.1 Å². The highest BCUT2D eigenvalue weighted by Gasteiger charge is 2.20. The molecular weight excluding hydrogens is 322 g/mol. The molecular formula is C16H14ClNO3S. The van der Waals surface area contributed by atoms with Crippen molar-refractivity contribution in [1.82, 2.24) is 4.72 Å². The molecule has 0 bridgehead atoms. The highest BCUT2D eigenvalue weighted by molar-refractivity contribution is 7.89. The van der Waals surface area contributed by atoms with E-state index in [-0.39, 0.29) is 4.90 Å². The number of furan rings is 1.